The molecule has 6 nitrogen and oxygen atoms in total. The molecule has 4 rings (SSSR count). The molecule has 0 unspecified atom stereocenters. The van der Waals surface area contributed by atoms with Crippen molar-refractivity contribution < 1.29 is 17.9 Å². The van der Waals surface area contributed by atoms with Crippen molar-refractivity contribution in [3.63, 3.8) is 0 Å². The summed E-state index contributed by atoms with van der Waals surface area (Å²) in [5, 5.41) is -0.110. The van der Waals surface area contributed by atoms with E-state index in [9.17, 15) is 8.42 Å². The van der Waals surface area contributed by atoms with Crippen LogP contribution in [0.4, 0.5) is 0 Å². The van der Waals surface area contributed by atoms with Gasteiger partial charge >= 0.3 is 0 Å². The van der Waals surface area contributed by atoms with Crippen LogP contribution < -0.4 is 9.47 Å². The normalized spacial score (nSPS) is 21.4. The molecule has 2 aliphatic heterocycles. The second-order valence-corrected chi connectivity index (χ2v) is 12.7. The van der Waals surface area contributed by atoms with Crippen LogP contribution in [0.15, 0.2) is 22.5 Å². The summed E-state index contributed by atoms with van der Waals surface area (Å²) in [6.07, 6.45) is 3.04. The molecule has 0 bridgehead atoms. The van der Waals surface area contributed by atoms with Crippen LogP contribution >= 0.6 is 11.3 Å². The predicted molar refractivity (Wildman–Crippen MR) is 130 cm³/mol. The zero-order valence-corrected chi connectivity index (χ0v) is 20.1. The first-order valence-corrected chi connectivity index (χ1v) is 12.6. The smallest absolute Gasteiger partial charge is 0.254 e. The van der Waals surface area contributed by atoms with Crippen molar-refractivity contribution in [2.75, 3.05) is 13.1 Å². The molecular formula is C18H26B4N2O4S2. The molecule has 0 aliphatic carbocycles. The van der Waals surface area contributed by atoms with Crippen molar-refractivity contribution in [2.45, 2.75) is 47.6 Å². The minimum atomic E-state index is -3.46. The largest absolute Gasteiger partial charge is 0.499 e. The molecule has 1 aromatic heterocycles. The second-order valence-electron chi connectivity index (χ2n) is 9.26. The van der Waals surface area contributed by atoms with Gasteiger partial charge < -0.3 is 9.47 Å². The van der Waals surface area contributed by atoms with Crippen LogP contribution in [0.2, 0.25) is 0 Å². The zero-order valence-electron chi connectivity index (χ0n) is 18.5. The maximum Gasteiger partial charge on any atom is 0.254 e. The third-order valence-corrected chi connectivity index (χ3v) is 9.85. The summed E-state index contributed by atoms with van der Waals surface area (Å²) in [6, 6.07) is 4.16. The number of rotatable bonds is 3. The van der Waals surface area contributed by atoms with Crippen LogP contribution in [0.3, 0.4) is 0 Å². The number of piperidine rings is 1. The van der Waals surface area contributed by atoms with Crippen LogP contribution in [0.25, 0.3) is 0 Å². The van der Waals surface area contributed by atoms with E-state index in [2.05, 4.69) is 24.0 Å². The van der Waals surface area contributed by atoms with Crippen molar-refractivity contribution in [3.8, 4) is 11.5 Å². The molecule has 0 N–H and O–H groups in total. The van der Waals surface area contributed by atoms with Crippen LogP contribution in [0, 0.1) is 13.8 Å². The minimum absolute atomic E-state index is 0.298. The highest BCUT2D eigenvalue weighted by atomic mass is 32.2. The van der Waals surface area contributed by atoms with E-state index in [-0.39, 0.29) is 0 Å². The fourth-order valence-electron chi connectivity index (χ4n) is 4.07. The lowest BCUT2D eigenvalue weighted by Crippen LogP contribution is -2.65. The molecule has 30 heavy (non-hydrogen) atoms. The molecule has 2 aromatic rings. The first-order valence-electron chi connectivity index (χ1n) is 10.4. The van der Waals surface area contributed by atoms with E-state index in [1.54, 1.807) is 4.31 Å². The first-order chi connectivity index (χ1) is 13.9. The summed E-state index contributed by atoms with van der Waals surface area (Å²) in [7, 11) is 4.71. The Balaban J connectivity index is 1.53. The third-order valence-electron chi connectivity index (χ3n) is 6.60. The van der Waals surface area contributed by atoms with Gasteiger partial charge in [-0.1, -0.05) is 0 Å². The molecule has 12 heteroatoms. The molecule has 1 saturated heterocycles. The molecular weight excluding hydrogens is 416 g/mol. The highest BCUT2D eigenvalue weighted by Crippen LogP contribution is 2.43. The average Bonchev–Trinajstić information content (AvgIpc) is 3.10. The van der Waals surface area contributed by atoms with Crippen molar-refractivity contribution in [1.29, 1.82) is 0 Å². The number of nitrogens with zero attached hydrogens (tertiary/aromatic N) is 2. The second kappa shape index (κ2) is 7.35. The van der Waals surface area contributed by atoms with E-state index in [0.717, 1.165) is 34.9 Å². The number of aryl methyl sites for hydroxylation is 2. The van der Waals surface area contributed by atoms with Gasteiger partial charge in [0.15, 0.2) is 15.7 Å². The minimum Gasteiger partial charge on any atom is -0.499 e. The van der Waals surface area contributed by atoms with Crippen LogP contribution in [0.5, 0.6) is 11.5 Å². The van der Waals surface area contributed by atoms with Crippen molar-refractivity contribution in [2.24, 2.45) is 0 Å². The Hall–Kier alpha value is -1.38. The van der Waals surface area contributed by atoms with Crippen molar-refractivity contribution in [3.05, 3.63) is 34.5 Å². The molecule has 0 atom stereocenters. The molecule has 0 spiro atoms. The summed E-state index contributed by atoms with van der Waals surface area (Å²) < 4.78 is 40.3. The van der Waals surface area contributed by atoms with Gasteiger partial charge in [-0.25, -0.2) is 13.4 Å². The van der Waals surface area contributed by atoms with Gasteiger partial charge in [-0.15, -0.1) is 11.3 Å². The first kappa shape index (κ1) is 21.8. The van der Waals surface area contributed by atoms with Gasteiger partial charge in [0.25, 0.3) is 10.0 Å². The van der Waals surface area contributed by atoms with E-state index in [0.29, 0.717) is 23.2 Å². The Bertz CT molecular complexity index is 1080. The molecule has 0 saturated carbocycles. The monoisotopic (exact) mass is 442 g/mol. The Labute approximate surface area is 186 Å². The number of aromatic nitrogens is 1. The van der Waals surface area contributed by atoms with Crippen molar-refractivity contribution in [1.82, 2.24) is 9.29 Å². The fraction of sp³-hybridized carbons (Fsp3) is 0.500. The third kappa shape index (κ3) is 3.71. The Morgan fingerprint density at radius 1 is 1.07 bits per heavy atom. The number of sulfonamides is 1. The zero-order chi connectivity index (χ0) is 21.9. The molecule has 0 amide bonds. The quantitative estimate of drug-likeness (QED) is 0.568. The summed E-state index contributed by atoms with van der Waals surface area (Å²) >= 11 is 1.23. The molecule has 156 valence electrons. The number of thiazole rings is 1. The molecule has 2 aliphatic rings. The van der Waals surface area contributed by atoms with Gasteiger partial charge in [-0.05, 0) is 55.9 Å². The predicted octanol–water partition coefficient (Wildman–Crippen LogP) is -1.06. The lowest BCUT2D eigenvalue weighted by molar-refractivity contribution is 0.0615. The fourth-order valence-corrected chi connectivity index (χ4v) is 6.80. The maximum atomic E-state index is 12.9. The van der Waals surface area contributed by atoms with Crippen LogP contribution in [-0.2, 0) is 10.0 Å². The van der Waals surface area contributed by atoms with Gasteiger partial charge in [0.05, 0.1) is 22.0 Å². The van der Waals surface area contributed by atoms with E-state index in [1.165, 1.54) is 23.1 Å². The van der Waals surface area contributed by atoms with Gasteiger partial charge in [0.1, 0.15) is 31.4 Å². The van der Waals surface area contributed by atoms with Crippen LogP contribution in [-0.4, -0.2) is 73.0 Å². The van der Waals surface area contributed by atoms with Gasteiger partial charge in [0, 0.05) is 13.1 Å². The lowest BCUT2D eigenvalue weighted by atomic mass is 9.41. The summed E-state index contributed by atoms with van der Waals surface area (Å²) in [4.78, 5) is 4.10. The van der Waals surface area contributed by atoms with E-state index < -0.39 is 20.8 Å². The average molecular weight is 442 g/mol. The highest BCUT2D eigenvalue weighted by Gasteiger charge is 2.45. The molecule has 1 fully saturated rings. The molecule has 1 aromatic carbocycles. The highest BCUT2D eigenvalue weighted by molar-refractivity contribution is 7.91. The Morgan fingerprint density at radius 2 is 1.63 bits per heavy atom. The summed E-state index contributed by atoms with van der Waals surface area (Å²) in [5.74, 6) is 1.85. The van der Waals surface area contributed by atoms with E-state index >= 15 is 0 Å². The SMILES string of the molecule is BC1(B)Oc2cc(C)c(C3CCN(S(=O)(=O)c4cnc(C)s4)CC3)cc2OC1(B)B. The standard InChI is InChI=1S/C18H26B4N2O4S2/c1-10-7-14-15(28-18(21,22)17(19,20)27-14)8-13(10)12-3-5-24(6-4-12)30(25,26)16-9-23-11(2)29-16/h7-9,12H,3-6,19-22H2,1-2H3. The van der Waals surface area contributed by atoms with Crippen molar-refractivity contribution >= 4 is 52.7 Å². The number of ether oxygens (including phenoxy) is 2. The van der Waals surface area contributed by atoms with Gasteiger partial charge in [-0.3, -0.25) is 0 Å². The summed E-state index contributed by atoms with van der Waals surface area (Å²) in [5.41, 5.74) is 2.38. The molecule has 0 radical (unpaired) electrons. The topological polar surface area (TPSA) is 68.7 Å². The number of hydrogen-bond donors (Lipinski definition) is 0. The van der Waals surface area contributed by atoms with E-state index in [4.69, 9.17) is 9.47 Å². The Kier molecular flexibility index (Phi) is 5.35. The molecule has 3 heterocycles. The lowest BCUT2D eigenvalue weighted by Gasteiger charge is -2.47. The number of fused-ring (bicyclic) bond motifs is 1. The Morgan fingerprint density at radius 3 is 2.17 bits per heavy atom. The van der Waals surface area contributed by atoms with Gasteiger partial charge in [-0.2, -0.15) is 4.31 Å². The van der Waals surface area contributed by atoms with E-state index in [1.807, 2.05) is 38.3 Å². The maximum absolute atomic E-state index is 12.9. The van der Waals surface area contributed by atoms with Crippen LogP contribution in [0.1, 0.15) is 34.9 Å². The van der Waals surface area contributed by atoms with Gasteiger partial charge in [0.2, 0.25) is 0 Å². The number of hydrogen-bond acceptors (Lipinski definition) is 6. The summed E-state index contributed by atoms with van der Waals surface area (Å²) in [6.45, 7) is 4.94. The number of benzene rings is 1.